The first-order chi connectivity index (χ1) is 4.70. The van der Waals surface area contributed by atoms with E-state index in [4.69, 9.17) is 0 Å². The molecule has 1 aromatic carbocycles. The molecule has 1 rings (SSSR count). The Kier molecular flexibility index (Phi) is 8.47. The second kappa shape index (κ2) is 6.84. The molecule has 0 aromatic heterocycles. The third-order valence-electron chi connectivity index (χ3n) is 0.979. The van der Waals surface area contributed by atoms with Gasteiger partial charge in [-0.05, 0) is 6.07 Å². The van der Waals surface area contributed by atoms with E-state index in [1.165, 1.54) is 6.07 Å². The molecule has 0 atom stereocenters. The first kappa shape index (κ1) is 14.9. The van der Waals surface area contributed by atoms with Gasteiger partial charge in [0.05, 0.1) is 5.97 Å². The molecule has 0 aliphatic rings. The molecule has 2 nitrogen and oxygen atoms in total. The van der Waals surface area contributed by atoms with Crippen LogP contribution in [0.25, 0.3) is 0 Å². The van der Waals surface area contributed by atoms with Crippen LogP contribution in [0.2, 0.25) is 0 Å². The molecular formula is C7H3BrLi2O2. The number of carboxylic acid groups (broad SMARTS) is 1. The first-order valence-corrected chi connectivity index (χ1v) is 3.38. The van der Waals surface area contributed by atoms with E-state index in [0.717, 1.165) is 0 Å². The Labute approximate surface area is 103 Å². The van der Waals surface area contributed by atoms with Crippen LogP contribution in [0.5, 0.6) is 0 Å². The van der Waals surface area contributed by atoms with Gasteiger partial charge in [-0.15, -0.1) is 0 Å². The fourth-order valence-corrected chi connectivity index (χ4v) is 0.926. The molecule has 0 spiro atoms. The number of hydrogen-bond donors (Lipinski definition) is 0. The average molecular weight is 213 g/mol. The molecule has 2 radical (unpaired) electrons. The molecule has 12 heavy (non-hydrogen) atoms. The van der Waals surface area contributed by atoms with Gasteiger partial charge in [-0.25, -0.2) is 0 Å². The van der Waals surface area contributed by atoms with Crippen LogP contribution in [0.15, 0.2) is 22.7 Å². The second-order valence-electron chi connectivity index (χ2n) is 1.70. The summed E-state index contributed by atoms with van der Waals surface area (Å²) in [5, 5.41) is 10.2. The van der Waals surface area contributed by atoms with Crippen molar-refractivity contribution < 1.29 is 28.8 Å². The molecule has 0 aliphatic heterocycles. The minimum Gasteiger partial charge on any atom is -0.545 e. The molecule has 5 heteroatoms. The van der Waals surface area contributed by atoms with Gasteiger partial charge in [0.15, 0.2) is 0 Å². The van der Waals surface area contributed by atoms with Crippen LogP contribution >= 0.6 is 15.9 Å². The zero-order chi connectivity index (χ0) is 7.56. The molecular weight excluding hydrogens is 210 g/mol. The van der Waals surface area contributed by atoms with Crippen molar-refractivity contribution >= 4 is 40.8 Å². The van der Waals surface area contributed by atoms with Crippen molar-refractivity contribution in [1.82, 2.24) is 0 Å². The van der Waals surface area contributed by atoms with Crippen molar-refractivity contribution in [3.8, 4) is 0 Å². The van der Waals surface area contributed by atoms with Crippen molar-refractivity contribution in [3.05, 3.63) is 34.3 Å². The third kappa shape index (κ3) is 4.41. The van der Waals surface area contributed by atoms with Crippen LogP contribution in [-0.2, 0) is 0 Å². The average Bonchev–Trinajstić information content (AvgIpc) is 1.88. The summed E-state index contributed by atoms with van der Waals surface area (Å²) in [6.45, 7) is 0. The van der Waals surface area contributed by atoms with Gasteiger partial charge in [-0.3, -0.25) is 0 Å². The topological polar surface area (TPSA) is 40.1 Å². The van der Waals surface area contributed by atoms with Crippen LogP contribution in [0.4, 0.5) is 0 Å². The summed E-state index contributed by atoms with van der Waals surface area (Å²) in [5.41, 5.74) is 0.0642. The summed E-state index contributed by atoms with van der Waals surface area (Å²) in [4.78, 5) is 10.2. The summed E-state index contributed by atoms with van der Waals surface area (Å²) in [5.74, 6) is -1.21. The molecule has 0 saturated heterocycles. The molecule has 0 aliphatic carbocycles. The standard InChI is InChI=1S/C7H4BrO2.2Li/c8-6-3-1-2-5(4-6)7(9)10;;/h1-3H,(H,9,10);;/q;;+1/p-1. The van der Waals surface area contributed by atoms with E-state index in [0.29, 0.717) is 4.47 Å². The van der Waals surface area contributed by atoms with E-state index in [1.54, 1.807) is 12.1 Å². The predicted molar refractivity (Wildman–Crippen MR) is 43.1 cm³/mol. The van der Waals surface area contributed by atoms with Gasteiger partial charge in [-0.2, -0.15) is 0 Å². The molecule has 0 fully saturated rings. The Hall–Kier alpha value is 0.365. The van der Waals surface area contributed by atoms with Gasteiger partial charge in [0.25, 0.3) is 0 Å². The maximum absolute atomic E-state index is 10.2. The first-order valence-electron chi connectivity index (χ1n) is 2.59. The molecule has 0 saturated carbocycles. The Balaban J connectivity index is 0. The van der Waals surface area contributed by atoms with Crippen LogP contribution < -0.4 is 24.0 Å². The maximum atomic E-state index is 10.2. The number of rotatable bonds is 1. The van der Waals surface area contributed by atoms with Crippen LogP contribution in [0, 0.1) is 6.07 Å². The van der Waals surface area contributed by atoms with E-state index >= 15 is 0 Å². The van der Waals surface area contributed by atoms with Gasteiger partial charge >= 0.3 is 18.9 Å². The van der Waals surface area contributed by atoms with Crippen molar-refractivity contribution in [2.24, 2.45) is 0 Å². The van der Waals surface area contributed by atoms with Crippen molar-refractivity contribution in [2.45, 2.75) is 0 Å². The summed E-state index contributed by atoms with van der Waals surface area (Å²) >= 11 is 3.08. The largest absolute Gasteiger partial charge is 1.00 e. The molecule has 0 N–H and O–H groups in total. The van der Waals surface area contributed by atoms with Gasteiger partial charge in [0.2, 0.25) is 0 Å². The van der Waals surface area contributed by atoms with Gasteiger partial charge in [0.1, 0.15) is 0 Å². The number of carbonyl (C=O) groups is 1. The minimum absolute atomic E-state index is 0. The fourth-order valence-electron chi connectivity index (χ4n) is 0.560. The number of aromatic carboxylic acids is 1. The summed E-state index contributed by atoms with van der Waals surface area (Å²) in [6, 6.07) is 7.31. The molecule has 0 heterocycles. The van der Waals surface area contributed by atoms with Crippen LogP contribution in [-0.4, -0.2) is 24.8 Å². The smallest absolute Gasteiger partial charge is 0.545 e. The van der Waals surface area contributed by atoms with Gasteiger partial charge in [0, 0.05) is 35.0 Å². The minimum atomic E-state index is -1.21. The zero-order valence-corrected chi connectivity index (χ0v) is 8.51. The number of hydrogen-bond acceptors (Lipinski definition) is 2. The van der Waals surface area contributed by atoms with Crippen molar-refractivity contribution in [3.63, 3.8) is 0 Å². The zero-order valence-electron chi connectivity index (χ0n) is 6.93. The second-order valence-corrected chi connectivity index (χ2v) is 2.55. The molecule has 0 amide bonds. The Morgan fingerprint density at radius 2 is 2.08 bits per heavy atom. The monoisotopic (exact) mass is 212 g/mol. The molecule has 1 aromatic rings. The van der Waals surface area contributed by atoms with E-state index in [2.05, 4.69) is 22.0 Å². The number of carboxylic acids is 1. The van der Waals surface area contributed by atoms with Crippen molar-refractivity contribution in [1.29, 1.82) is 0 Å². The van der Waals surface area contributed by atoms with E-state index in [9.17, 15) is 9.90 Å². The van der Waals surface area contributed by atoms with E-state index in [1.807, 2.05) is 0 Å². The van der Waals surface area contributed by atoms with E-state index < -0.39 is 5.97 Å². The fraction of sp³-hybridized carbons (Fsp3) is 0. The van der Waals surface area contributed by atoms with Crippen molar-refractivity contribution in [2.75, 3.05) is 0 Å². The Morgan fingerprint density at radius 3 is 2.42 bits per heavy atom. The number of benzene rings is 1. The summed E-state index contributed by atoms with van der Waals surface area (Å²) in [6.07, 6.45) is 0. The normalized spacial score (nSPS) is 7.75. The van der Waals surface area contributed by atoms with Gasteiger partial charge in [-0.1, -0.05) is 28.1 Å². The molecule has 52 valence electrons. The number of carbonyl (C=O) groups excluding carboxylic acids is 1. The van der Waals surface area contributed by atoms with Crippen LogP contribution in [0.1, 0.15) is 10.4 Å². The molecule has 0 unspecified atom stereocenters. The third-order valence-corrected chi connectivity index (χ3v) is 1.44. The summed E-state index contributed by atoms with van der Waals surface area (Å²) < 4.78 is 0.620. The van der Waals surface area contributed by atoms with Crippen LogP contribution in [0.3, 0.4) is 0 Å². The quantitative estimate of drug-likeness (QED) is 0.474. The SMILES string of the molecule is O=C([O-])c1[c]c(Br)ccc1.[Li+].[Li]. The maximum Gasteiger partial charge on any atom is 1.00 e. The van der Waals surface area contributed by atoms with Gasteiger partial charge < -0.3 is 9.90 Å². The molecule has 0 bridgehead atoms. The predicted octanol–water partition coefficient (Wildman–Crippen LogP) is -2.76. The summed E-state index contributed by atoms with van der Waals surface area (Å²) in [7, 11) is 0. The Bertz CT molecular complexity index is 265. The van der Waals surface area contributed by atoms with E-state index in [-0.39, 0.29) is 43.3 Å². The Morgan fingerprint density at radius 1 is 1.50 bits per heavy atom. The number of halogens is 1.